The Balaban J connectivity index is 0.00000410. The number of aliphatic imine (C=N–C) groups is 2. The van der Waals surface area contributed by atoms with E-state index in [0.29, 0.717) is 10.6 Å². The fraction of sp³-hybridized carbons (Fsp3) is 0.0208. The Morgan fingerprint density at radius 3 is 1.70 bits per heavy atom. The van der Waals surface area contributed by atoms with Crippen LogP contribution in [0.5, 0.6) is 0 Å². The zero-order chi connectivity index (χ0) is 36.9. The summed E-state index contributed by atoms with van der Waals surface area (Å²) in [4.78, 5) is 38.1. The molecule has 56 heavy (non-hydrogen) atoms. The second kappa shape index (κ2) is 14.3. The van der Waals surface area contributed by atoms with Crippen molar-refractivity contribution in [2.45, 2.75) is 0 Å². The summed E-state index contributed by atoms with van der Waals surface area (Å²) in [7, 11) is 1.38. The number of hydrogen-bond acceptors (Lipinski definition) is 4. The summed E-state index contributed by atoms with van der Waals surface area (Å²) in [6, 6.07) is 49.0. The van der Waals surface area contributed by atoms with Crippen LogP contribution in [0, 0.1) is 0 Å². The Morgan fingerprint density at radius 2 is 1.11 bits per heavy atom. The molecule has 8 heteroatoms. The van der Waals surface area contributed by atoms with Crippen molar-refractivity contribution in [1.82, 2.24) is 15.0 Å². The van der Waals surface area contributed by atoms with Gasteiger partial charge in [-0.25, -0.2) is 14.8 Å². The van der Waals surface area contributed by atoms with Crippen LogP contribution in [0.2, 0.25) is 0 Å². The van der Waals surface area contributed by atoms with Crippen molar-refractivity contribution in [3.8, 4) is 0 Å². The average Bonchev–Trinajstić information content (AvgIpc) is 4.09. The molecule has 3 aliphatic heterocycles. The number of carbonyl (C=O) groups excluding carboxylic acids is 1. The first-order valence-corrected chi connectivity index (χ1v) is 18.1. The molecule has 8 bridgehead atoms. The average molecular weight is 769 g/mol. The SMILES string of the molecule is COC(=O)C1=c2c(c3[nH]c2=C(c2ccccc2)c2ccc([n-]2)C(c2ccccc2)=C2C=CC(=N2)C(c2ccccc2)=c2ccc([n-]2)=C3c2ccccc2)C=N1.[Ni+2]. The van der Waals surface area contributed by atoms with E-state index in [4.69, 9.17) is 19.7 Å². The number of nitrogens with zero attached hydrogens (tertiary/aromatic N) is 4. The van der Waals surface area contributed by atoms with Gasteiger partial charge in [0.1, 0.15) is 0 Å². The molecule has 7 nitrogen and oxygen atoms in total. The summed E-state index contributed by atoms with van der Waals surface area (Å²) in [5, 5.41) is 2.91. The van der Waals surface area contributed by atoms with Crippen molar-refractivity contribution in [2.75, 3.05) is 7.11 Å². The number of ether oxygens (including phenoxy) is 1. The van der Waals surface area contributed by atoms with Crippen LogP contribution < -0.4 is 31.2 Å². The number of methoxy groups -OCH3 is 1. The summed E-state index contributed by atoms with van der Waals surface area (Å²) >= 11 is 0. The van der Waals surface area contributed by atoms with E-state index in [0.717, 1.165) is 89.3 Å². The molecule has 3 aromatic heterocycles. The maximum atomic E-state index is 13.5. The van der Waals surface area contributed by atoms with Gasteiger partial charge in [-0.3, -0.25) is 0 Å². The molecule has 10 rings (SSSR count). The van der Waals surface area contributed by atoms with Crippen molar-refractivity contribution in [3.05, 3.63) is 230 Å². The van der Waals surface area contributed by atoms with Crippen LogP contribution in [-0.2, 0) is 26.0 Å². The minimum atomic E-state index is -0.522. The molecule has 0 spiro atoms. The van der Waals surface area contributed by atoms with Gasteiger partial charge in [-0.2, -0.15) is 0 Å². The first-order valence-electron chi connectivity index (χ1n) is 18.1. The second-order valence-corrected chi connectivity index (χ2v) is 13.4. The predicted octanol–water partition coefficient (Wildman–Crippen LogP) is 5.12. The van der Waals surface area contributed by atoms with Crippen molar-refractivity contribution < 1.29 is 26.0 Å². The molecular formula is C48H31N5NiO2. The van der Waals surface area contributed by atoms with Gasteiger partial charge in [0.15, 0.2) is 5.70 Å². The van der Waals surface area contributed by atoms with Gasteiger partial charge in [0.25, 0.3) is 0 Å². The number of hydrogen-bond donors (Lipinski definition) is 1. The maximum Gasteiger partial charge on any atom is 2.00 e. The van der Waals surface area contributed by atoms with Crippen LogP contribution in [0.4, 0.5) is 0 Å². The Hall–Kier alpha value is -7.02. The molecule has 1 N–H and O–H groups in total. The number of benzene rings is 4. The summed E-state index contributed by atoms with van der Waals surface area (Å²) < 4.78 is 5.31. The third-order valence-corrected chi connectivity index (χ3v) is 10.2. The van der Waals surface area contributed by atoms with Gasteiger partial charge in [0, 0.05) is 17.0 Å². The van der Waals surface area contributed by atoms with E-state index in [2.05, 4.69) is 82.8 Å². The minimum Gasteiger partial charge on any atom is -0.657 e. The number of fused-ring (bicyclic) bond motifs is 10. The van der Waals surface area contributed by atoms with Gasteiger partial charge in [0.2, 0.25) is 0 Å². The Bertz CT molecular complexity index is 3060. The number of rotatable bonds is 5. The van der Waals surface area contributed by atoms with Crippen molar-refractivity contribution >= 4 is 45.9 Å². The maximum absolute atomic E-state index is 13.5. The van der Waals surface area contributed by atoms with Gasteiger partial charge in [0.05, 0.1) is 29.6 Å². The molecule has 6 heterocycles. The number of H-pyrrole nitrogens is 1. The van der Waals surface area contributed by atoms with E-state index in [9.17, 15) is 4.79 Å². The van der Waals surface area contributed by atoms with Gasteiger partial charge in [-0.05, 0) is 56.7 Å². The molecule has 7 aromatic rings. The zero-order valence-electron chi connectivity index (χ0n) is 30.0. The van der Waals surface area contributed by atoms with Gasteiger partial charge >= 0.3 is 22.5 Å². The van der Waals surface area contributed by atoms with Crippen LogP contribution in [0.3, 0.4) is 0 Å². The Labute approximate surface area is 332 Å². The Morgan fingerprint density at radius 1 is 0.589 bits per heavy atom. The van der Waals surface area contributed by atoms with Gasteiger partial charge < -0.3 is 19.7 Å². The topological polar surface area (TPSA) is 95.0 Å². The number of aromatic nitrogens is 3. The van der Waals surface area contributed by atoms with E-state index < -0.39 is 5.97 Å². The molecule has 0 fully saturated rings. The smallest absolute Gasteiger partial charge is 0.657 e. The quantitative estimate of drug-likeness (QED) is 0.195. The summed E-state index contributed by atoms with van der Waals surface area (Å²) in [6.45, 7) is 0. The fourth-order valence-electron chi connectivity index (χ4n) is 7.76. The zero-order valence-corrected chi connectivity index (χ0v) is 31.0. The van der Waals surface area contributed by atoms with Gasteiger partial charge in [-0.15, -0.1) is 22.1 Å². The van der Waals surface area contributed by atoms with Crippen LogP contribution >= 0.6 is 0 Å². The van der Waals surface area contributed by atoms with E-state index in [1.165, 1.54) is 7.11 Å². The molecule has 270 valence electrons. The number of carbonyl (C=O) groups is 1. The molecule has 3 aliphatic rings. The predicted molar refractivity (Wildman–Crippen MR) is 216 cm³/mol. The van der Waals surface area contributed by atoms with E-state index in [1.54, 1.807) is 6.21 Å². The van der Waals surface area contributed by atoms with Gasteiger partial charge in [-0.1, -0.05) is 146 Å². The normalized spacial score (nSPS) is 14.2. The number of allylic oxidation sites excluding steroid dienone is 2. The van der Waals surface area contributed by atoms with Crippen molar-refractivity contribution in [3.63, 3.8) is 0 Å². The number of nitrogens with one attached hydrogen (secondary N) is 1. The first-order chi connectivity index (χ1) is 27.2. The van der Waals surface area contributed by atoms with E-state index in [1.807, 2.05) is 84.9 Å². The summed E-state index contributed by atoms with van der Waals surface area (Å²) in [5.74, 6) is -0.522. The van der Waals surface area contributed by atoms with E-state index in [-0.39, 0.29) is 22.2 Å². The van der Waals surface area contributed by atoms with Crippen molar-refractivity contribution in [1.29, 1.82) is 0 Å². The molecular weight excluding hydrogens is 737 g/mol. The third kappa shape index (κ3) is 5.79. The molecule has 4 aromatic carbocycles. The molecule has 0 atom stereocenters. The number of aromatic amines is 1. The third-order valence-electron chi connectivity index (χ3n) is 10.2. The van der Waals surface area contributed by atoms with Crippen molar-refractivity contribution in [2.24, 2.45) is 9.98 Å². The molecule has 0 unspecified atom stereocenters. The van der Waals surface area contributed by atoms with E-state index >= 15 is 0 Å². The monoisotopic (exact) mass is 767 g/mol. The molecule has 0 saturated heterocycles. The van der Waals surface area contributed by atoms with Crippen LogP contribution in [-0.4, -0.2) is 30.0 Å². The van der Waals surface area contributed by atoms with Crippen LogP contribution in [0.15, 0.2) is 173 Å². The first kappa shape index (κ1) is 34.7. The largest absolute Gasteiger partial charge is 2.00 e. The Kier molecular flexibility index (Phi) is 8.89. The summed E-state index contributed by atoms with van der Waals surface area (Å²) in [6.07, 6.45) is 5.89. The summed E-state index contributed by atoms with van der Waals surface area (Å²) in [5.41, 5.74) is 12.3. The molecule has 0 amide bonds. The number of esters is 1. The molecule has 0 aliphatic carbocycles. The standard InChI is InChI=1S/C48H32N5O2.Ni/c1-55-48(54)47-44-33(28-49-47)45-42(31-18-10-4-11-19-31)38-26-24-36(51-38)40(29-14-6-2-7-15-29)34-22-23-35(50-34)41(30-16-8-3-9-17-30)37-25-27-39(52-37)43(46(44)53-45)32-20-12-5-13-21-32;/h2-28H,1H3,(H2-,49,50,51,52,53,54);/q-1;+2/p-1. The molecule has 0 saturated carbocycles. The minimum absolute atomic E-state index is 0. The fourth-order valence-corrected chi connectivity index (χ4v) is 7.76. The molecule has 0 radical (unpaired) electrons. The van der Waals surface area contributed by atoms with Crippen LogP contribution in [0.25, 0.3) is 28.0 Å². The van der Waals surface area contributed by atoms with Crippen LogP contribution in [0.1, 0.15) is 44.9 Å². The second-order valence-electron chi connectivity index (χ2n) is 13.4.